The van der Waals surface area contributed by atoms with E-state index in [4.69, 9.17) is 4.74 Å². The minimum Gasteiger partial charge on any atom is -0.383 e. The molecular formula is C12H16FNO2. The van der Waals surface area contributed by atoms with Gasteiger partial charge in [-0.2, -0.15) is 0 Å². The lowest BCUT2D eigenvalue weighted by Crippen LogP contribution is -2.36. The molecule has 1 aromatic rings. The molecule has 0 bridgehead atoms. The van der Waals surface area contributed by atoms with Crippen LogP contribution in [0.4, 0.5) is 4.39 Å². The molecule has 1 amide bonds. The third-order valence-electron chi connectivity index (χ3n) is 2.16. The lowest BCUT2D eigenvalue weighted by molar-refractivity contribution is 0.0901. The normalized spacial score (nSPS) is 12.2. The molecule has 3 nitrogen and oxygen atoms in total. The van der Waals surface area contributed by atoms with Gasteiger partial charge in [0.2, 0.25) is 0 Å². The Morgan fingerprint density at radius 2 is 2.25 bits per heavy atom. The first-order valence-corrected chi connectivity index (χ1v) is 5.10. The van der Waals surface area contributed by atoms with Gasteiger partial charge in [-0.15, -0.1) is 0 Å². The summed E-state index contributed by atoms with van der Waals surface area (Å²) in [7, 11) is 1.55. The van der Waals surface area contributed by atoms with Crippen LogP contribution < -0.4 is 5.32 Å². The maximum atomic E-state index is 13.4. The van der Waals surface area contributed by atoms with Crippen LogP contribution in [0.1, 0.15) is 22.8 Å². The van der Waals surface area contributed by atoms with Crippen molar-refractivity contribution in [3.05, 3.63) is 35.1 Å². The van der Waals surface area contributed by atoms with Crippen molar-refractivity contribution in [3.63, 3.8) is 0 Å². The molecule has 1 rings (SSSR count). The number of nitrogens with one attached hydrogen (secondary N) is 1. The Balaban J connectivity index is 2.73. The number of halogens is 1. The van der Waals surface area contributed by atoms with Crippen LogP contribution in [0.2, 0.25) is 0 Å². The molecule has 0 aliphatic rings. The summed E-state index contributed by atoms with van der Waals surface area (Å²) in [4.78, 5) is 11.7. The largest absolute Gasteiger partial charge is 0.383 e. The monoisotopic (exact) mass is 225 g/mol. The van der Waals surface area contributed by atoms with Crippen molar-refractivity contribution in [1.82, 2.24) is 5.32 Å². The van der Waals surface area contributed by atoms with Gasteiger partial charge in [0, 0.05) is 13.2 Å². The minimum absolute atomic E-state index is 0.0635. The molecule has 1 aromatic carbocycles. The number of benzene rings is 1. The molecule has 0 saturated heterocycles. The lowest BCUT2D eigenvalue weighted by atomic mass is 10.1. The Kier molecular flexibility index (Phi) is 4.43. The maximum Gasteiger partial charge on any atom is 0.254 e. The van der Waals surface area contributed by atoms with Gasteiger partial charge in [0.15, 0.2) is 0 Å². The van der Waals surface area contributed by atoms with Crippen LogP contribution in [-0.4, -0.2) is 25.7 Å². The van der Waals surface area contributed by atoms with Crippen molar-refractivity contribution in [3.8, 4) is 0 Å². The first-order valence-electron chi connectivity index (χ1n) is 5.10. The van der Waals surface area contributed by atoms with Crippen molar-refractivity contribution in [2.75, 3.05) is 13.7 Å². The minimum atomic E-state index is -0.498. The number of hydrogen-bond acceptors (Lipinski definition) is 2. The number of carbonyl (C=O) groups excluding carboxylic acids is 1. The van der Waals surface area contributed by atoms with E-state index in [-0.39, 0.29) is 11.6 Å². The lowest BCUT2D eigenvalue weighted by Gasteiger charge is -2.13. The van der Waals surface area contributed by atoms with E-state index in [1.54, 1.807) is 27.0 Å². The van der Waals surface area contributed by atoms with Crippen molar-refractivity contribution >= 4 is 5.91 Å². The van der Waals surface area contributed by atoms with Crippen molar-refractivity contribution in [2.45, 2.75) is 19.9 Å². The summed E-state index contributed by atoms with van der Waals surface area (Å²) in [6.07, 6.45) is 0. The molecule has 0 aliphatic heterocycles. The fraction of sp³-hybridized carbons (Fsp3) is 0.417. The smallest absolute Gasteiger partial charge is 0.254 e. The van der Waals surface area contributed by atoms with Gasteiger partial charge in [0.05, 0.1) is 12.2 Å². The zero-order chi connectivity index (χ0) is 12.1. The van der Waals surface area contributed by atoms with E-state index in [1.807, 2.05) is 0 Å². The highest BCUT2D eigenvalue weighted by atomic mass is 19.1. The first kappa shape index (κ1) is 12.6. The van der Waals surface area contributed by atoms with Gasteiger partial charge < -0.3 is 10.1 Å². The van der Waals surface area contributed by atoms with Crippen LogP contribution in [0.25, 0.3) is 0 Å². The fourth-order valence-corrected chi connectivity index (χ4v) is 1.40. The number of rotatable bonds is 4. The second-order valence-electron chi connectivity index (χ2n) is 3.81. The van der Waals surface area contributed by atoms with Crippen LogP contribution >= 0.6 is 0 Å². The maximum absolute atomic E-state index is 13.4. The molecule has 16 heavy (non-hydrogen) atoms. The van der Waals surface area contributed by atoms with Crippen LogP contribution in [0.5, 0.6) is 0 Å². The molecule has 88 valence electrons. The average molecular weight is 225 g/mol. The standard InChI is InChI=1S/C12H16FNO2/c1-8-4-5-10(11(13)6-8)12(15)14-9(2)7-16-3/h4-6,9H,7H2,1-3H3,(H,14,15). The highest BCUT2D eigenvalue weighted by molar-refractivity contribution is 5.94. The van der Waals surface area contributed by atoms with Gasteiger partial charge in [0.1, 0.15) is 5.82 Å². The summed E-state index contributed by atoms with van der Waals surface area (Å²) in [5.74, 6) is -0.913. The van der Waals surface area contributed by atoms with E-state index in [9.17, 15) is 9.18 Å². The summed E-state index contributed by atoms with van der Waals surface area (Å²) in [6.45, 7) is 3.98. The summed E-state index contributed by atoms with van der Waals surface area (Å²) < 4.78 is 18.3. The Morgan fingerprint density at radius 3 is 2.81 bits per heavy atom. The van der Waals surface area contributed by atoms with Gasteiger partial charge in [-0.05, 0) is 31.5 Å². The highest BCUT2D eigenvalue weighted by Crippen LogP contribution is 2.09. The van der Waals surface area contributed by atoms with Crippen LogP contribution in [-0.2, 0) is 4.74 Å². The molecule has 0 heterocycles. The summed E-state index contributed by atoms with van der Waals surface area (Å²) >= 11 is 0. The van der Waals surface area contributed by atoms with Gasteiger partial charge >= 0.3 is 0 Å². The Morgan fingerprint density at radius 1 is 1.56 bits per heavy atom. The van der Waals surface area contributed by atoms with Gasteiger partial charge in [-0.3, -0.25) is 4.79 Å². The van der Waals surface area contributed by atoms with E-state index in [2.05, 4.69) is 5.32 Å². The number of ether oxygens (including phenoxy) is 1. The average Bonchev–Trinajstić information content (AvgIpc) is 2.17. The van der Waals surface area contributed by atoms with E-state index >= 15 is 0 Å². The van der Waals surface area contributed by atoms with Gasteiger partial charge in [-0.25, -0.2) is 4.39 Å². The Bertz CT molecular complexity index is 379. The van der Waals surface area contributed by atoms with Crippen LogP contribution in [0, 0.1) is 12.7 Å². The molecule has 0 aromatic heterocycles. The number of carbonyl (C=O) groups is 1. The van der Waals surface area contributed by atoms with Crippen molar-refractivity contribution in [1.29, 1.82) is 0 Å². The third kappa shape index (κ3) is 3.31. The number of aryl methyl sites for hydroxylation is 1. The van der Waals surface area contributed by atoms with Gasteiger partial charge in [0.25, 0.3) is 5.91 Å². The number of hydrogen-bond donors (Lipinski definition) is 1. The topological polar surface area (TPSA) is 38.3 Å². The molecule has 1 unspecified atom stereocenters. The van der Waals surface area contributed by atoms with Crippen molar-refractivity contribution in [2.24, 2.45) is 0 Å². The molecule has 0 radical (unpaired) electrons. The molecule has 1 atom stereocenters. The second-order valence-corrected chi connectivity index (χ2v) is 3.81. The molecule has 0 spiro atoms. The quantitative estimate of drug-likeness (QED) is 0.850. The Labute approximate surface area is 94.6 Å². The summed E-state index contributed by atoms with van der Waals surface area (Å²) in [6, 6.07) is 4.40. The van der Waals surface area contributed by atoms with E-state index in [0.717, 1.165) is 5.56 Å². The van der Waals surface area contributed by atoms with Crippen LogP contribution in [0.15, 0.2) is 18.2 Å². The molecule has 4 heteroatoms. The SMILES string of the molecule is COCC(C)NC(=O)c1ccc(C)cc1F. The van der Waals surface area contributed by atoms with E-state index in [1.165, 1.54) is 12.1 Å². The van der Waals surface area contributed by atoms with Gasteiger partial charge in [-0.1, -0.05) is 6.07 Å². The zero-order valence-electron chi connectivity index (χ0n) is 9.71. The van der Waals surface area contributed by atoms with E-state index < -0.39 is 11.7 Å². The summed E-state index contributed by atoms with van der Waals surface area (Å²) in [5.41, 5.74) is 0.854. The highest BCUT2D eigenvalue weighted by Gasteiger charge is 2.13. The first-order chi connectivity index (χ1) is 7.54. The van der Waals surface area contributed by atoms with Crippen LogP contribution in [0.3, 0.4) is 0 Å². The predicted molar refractivity (Wildman–Crippen MR) is 59.9 cm³/mol. The fourth-order valence-electron chi connectivity index (χ4n) is 1.40. The molecule has 1 N–H and O–H groups in total. The zero-order valence-corrected chi connectivity index (χ0v) is 9.71. The number of amides is 1. The Hall–Kier alpha value is -1.42. The van der Waals surface area contributed by atoms with E-state index in [0.29, 0.717) is 6.61 Å². The molecule has 0 saturated carbocycles. The third-order valence-corrected chi connectivity index (χ3v) is 2.16. The second kappa shape index (κ2) is 5.61. The summed E-state index contributed by atoms with van der Waals surface area (Å²) in [5, 5.41) is 2.65. The molecule has 0 aliphatic carbocycles. The predicted octanol–water partition coefficient (Wildman–Crippen LogP) is 1.90. The van der Waals surface area contributed by atoms with Crippen molar-refractivity contribution < 1.29 is 13.9 Å². The molecule has 0 fully saturated rings. The number of methoxy groups -OCH3 is 1. The molecular weight excluding hydrogens is 209 g/mol.